The maximum absolute atomic E-state index is 13.6. The van der Waals surface area contributed by atoms with Gasteiger partial charge in [0.25, 0.3) is 0 Å². The number of unbranched alkanes of at least 4 members (excludes halogenated alkanes) is 1. The molecule has 0 aromatic heterocycles. The summed E-state index contributed by atoms with van der Waals surface area (Å²) in [7, 11) is 0. The average molecular weight is 1040 g/mol. The Balaban J connectivity index is 2.07. The van der Waals surface area contributed by atoms with E-state index < -0.39 is 158 Å². The van der Waals surface area contributed by atoms with Gasteiger partial charge in [-0.2, -0.15) is 0 Å². The second-order valence-corrected chi connectivity index (χ2v) is 17.2. The highest BCUT2D eigenvalue weighted by Gasteiger charge is 2.40. The maximum atomic E-state index is 13.6. The van der Waals surface area contributed by atoms with Crippen LogP contribution in [0.3, 0.4) is 0 Å². The SMILES string of the molecule is CC(=O)N[C@@H](Cc1ccc(O)cc1)C(=O)N[C@H](C(=O)N[C@@H](CO)C(=O)NCC(=O)N[C@@H](CCCCN)C(=O)N[C@@H](C)C(=O)N[C@@H](CO)C(=O)N[C@@H](CC(N)=O)C(=O)N1CCC[C@H]1C(=O)N[C@@H](C)C(N)=O)[C@@H](C)O. The number of aliphatic hydroxyl groups excluding tert-OH is 3. The van der Waals surface area contributed by atoms with Gasteiger partial charge in [-0.25, -0.2) is 0 Å². The summed E-state index contributed by atoms with van der Waals surface area (Å²) in [5, 5.41) is 60.7. The first kappa shape index (κ1) is 61.6. The van der Waals surface area contributed by atoms with Gasteiger partial charge in [-0.05, 0) is 77.1 Å². The molecule has 0 unspecified atom stereocenters. The molecule has 1 aliphatic rings. The third-order valence-electron chi connectivity index (χ3n) is 11.2. The first-order valence-corrected chi connectivity index (χ1v) is 23.3. The summed E-state index contributed by atoms with van der Waals surface area (Å²) in [6, 6.07) is -7.37. The van der Waals surface area contributed by atoms with Gasteiger partial charge < -0.3 is 90.4 Å². The normalized spacial score (nSPS) is 16.7. The molecular formula is C44H69N13O16. The zero-order valence-corrected chi connectivity index (χ0v) is 40.9. The Morgan fingerprint density at radius 2 is 1.25 bits per heavy atom. The summed E-state index contributed by atoms with van der Waals surface area (Å²) in [4.78, 5) is 155. The molecule has 1 saturated heterocycles. The highest BCUT2D eigenvalue weighted by molar-refractivity contribution is 5.99. The van der Waals surface area contributed by atoms with Crippen LogP contribution in [0, 0.1) is 0 Å². The number of nitrogens with two attached hydrogens (primary N) is 3. The Kier molecular flexibility index (Phi) is 25.7. The predicted octanol–water partition coefficient (Wildman–Crippen LogP) is -8.16. The van der Waals surface area contributed by atoms with Crippen LogP contribution < -0.4 is 65.1 Å². The number of rotatable bonds is 30. The number of nitrogens with one attached hydrogen (secondary N) is 9. The molecule has 1 aromatic carbocycles. The van der Waals surface area contributed by atoms with Crippen molar-refractivity contribution in [1.29, 1.82) is 0 Å². The van der Waals surface area contributed by atoms with E-state index in [2.05, 4.69) is 47.9 Å². The standard InChI is InChI=1S/C44H69N13O16/c1-21(36(47)65)49-42(71)32-9-7-15-57(32)44(73)29(17-33(46)63)53-41(70)31(20-59)54-37(66)22(2)50-39(68)27(8-5-6-14-45)52-34(64)18-48-38(67)30(19-58)55-43(72)35(23(3)60)56-40(69)28(51-24(4)61)16-25-10-12-26(62)13-11-25/h10-13,21-23,27-32,35,58-60,62H,5-9,14-20,45H2,1-4H3,(H2,46,63)(H2,47,65)(H,48,67)(H,49,71)(H,50,68)(H,51,61)(H,52,64)(H,53,70)(H,54,66)(H,55,72)(H,56,69)/t21-,22-,23+,27-,28-,29-,30-,31-,32-,35-/m0/s1. The van der Waals surface area contributed by atoms with Crippen molar-refractivity contribution in [3.63, 3.8) is 0 Å². The van der Waals surface area contributed by atoms with Gasteiger partial charge >= 0.3 is 0 Å². The fourth-order valence-corrected chi connectivity index (χ4v) is 7.16. The molecule has 73 heavy (non-hydrogen) atoms. The predicted molar refractivity (Wildman–Crippen MR) is 254 cm³/mol. The maximum Gasteiger partial charge on any atom is 0.246 e. The summed E-state index contributed by atoms with van der Waals surface area (Å²) in [5.74, 6) is -11.3. The van der Waals surface area contributed by atoms with Gasteiger partial charge in [-0.15, -0.1) is 0 Å². The first-order chi connectivity index (χ1) is 34.3. The molecular weight excluding hydrogens is 967 g/mol. The minimum atomic E-state index is -1.76. The quantitative estimate of drug-likeness (QED) is 0.0318. The number of hydrogen-bond acceptors (Lipinski definition) is 17. The molecule has 2 rings (SSSR count). The highest BCUT2D eigenvalue weighted by Crippen LogP contribution is 2.20. The third-order valence-corrected chi connectivity index (χ3v) is 11.2. The number of aliphatic hydroxyl groups is 3. The summed E-state index contributed by atoms with van der Waals surface area (Å²) < 4.78 is 0. The molecule has 0 saturated carbocycles. The fourth-order valence-electron chi connectivity index (χ4n) is 7.16. The number of phenols is 1. The van der Waals surface area contributed by atoms with E-state index in [1.54, 1.807) is 0 Å². The molecule has 19 N–H and O–H groups in total. The number of carbonyl (C=O) groups is 12. The van der Waals surface area contributed by atoms with Gasteiger partial charge in [-0.3, -0.25) is 57.5 Å². The zero-order valence-electron chi connectivity index (χ0n) is 40.9. The van der Waals surface area contributed by atoms with Crippen LogP contribution in [0.4, 0.5) is 0 Å². The van der Waals surface area contributed by atoms with E-state index in [-0.39, 0.29) is 44.5 Å². The Labute approximate surface area is 419 Å². The molecule has 1 fully saturated rings. The monoisotopic (exact) mass is 1040 g/mol. The molecule has 1 aliphatic heterocycles. The smallest absolute Gasteiger partial charge is 0.246 e. The Morgan fingerprint density at radius 3 is 1.81 bits per heavy atom. The van der Waals surface area contributed by atoms with Crippen LogP contribution in [0.25, 0.3) is 0 Å². The van der Waals surface area contributed by atoms with Gasteiger partial charge in [-0.1, -0.05) is 12.1 Å². The number of phenolic OH excluding ortho intramolecular Hbond substituents is 1. The van der Waals surface area contributed by atoms with Crippen molar-refractivity contribution < 1.29 is 78.0 Å². The van der Waals surface area contributed by atoms with Crippen LogP contribution in [0.15, 0.2) is 24.3 Å². The van der Waals surface area contributed by atoms with Crippen LogP contribution in [0.1, 0.15) is 71.8 Å². The number of likely N-dealkylation sites (tertiary alicyclic amines) is 1. The second-order valence-electron chi connectivity index (χ2n) is 17.2. The van der Waals surface area contributed by atoms with Crippen molar-refractivity contribution in [2.45, 2.75) is 133 Å². The van der Waals surface area contributed by atoms with Crippen LogP contribution in [0.2, 0.25) is 0 Å². The Morgan fingerprint density at radius 1 is 0.671 bits per heavy atom. The van der Waals surface area contributed by atoms with Gasteiger partial charge in [0.05, 0.1) is 32.3 Å². The van der Waals surface area contributed by atoms with E-state index in [1.807, 2.05) is 0 Å². The third kappa shape index (κ3) is 20.6. The number of amides is 12. The number of benzene rings is 1. The van der Waals surface area contributed by atoms with Crippen molar-refractivity contribution in [2.75, 3.05) is 32.8 Å². The lowest BCUT2D eigenvalue weighted by molar-refractivity contribution is -0.143. The lowest BCUT2D eigenvalue weighted by Gasteiger charge is -2.29. The van der Waals surface area contributed by atoms with Crippen molar-refractivity contribution in [3.05, 3.63) is 29.8 Å². The Bertz CT molecular complexity index is 2150. The van der Waals surface area contributed by atoms with Gasteiger partial charge in [0, 0.05) is 19.9 Å². The van der Waals surface area contributed by atoms with Crippen LogP contribution in [-0.2, 0) is 64.0 Å². The van der Waals surface area contributed by atoms with E-state index in [9.17, 15) is 78.0 Å². The number of hydrogen-bond donors (Lipinski definition) is 16. The lowest BCUT2D eigenvalue weighted by atomic mass is 10.0. The molecule has 0 aliphatic carbocycles. The largest absolute Gasteiger partial charge is 0.508 e. The number of nitrogens with zero attached hydrogens (tertiary/aromatic N) is 1. The van der Waals surface area contributed by atoms with E-state index in [4.69, 9.17) is 17.2 Å². The molecule has 0 spiro atoms. The van der Waals surface area contributed by atoms with Gasteiger partial charge in [0.2, 0.25) is 70.9 Å². The molecule has 1 heterocycles. The van der Waals surface area contributed by atoms with E-state index >= 15 is 0 Å². The minimum Gasteiger partial charge on any atom is -0.508 e. The van der Waals surface area contributed by atoms with Crippen LogP contribution in [0.5, 0.6) is 5.75 Å². The zero-order chi connectivity index (χ0) is 55.1. The average Bonchev–Trinajstić information content (AvgIpc) is 3.83. The van der Waals surface area contributed by atoms with Crippen LogP contribution in [-0.4, -0.2) is 190 Å². The Hall–Kier alpha value is -7.50. The summed E-state index contributed by atoms with van der Waals surface area (Å²) in [6.07, 6.45) is -1.22. The summed E-state index contributed by atoms with van der Waals surface area (Å²) in [6.45, 7) is 2.20. The number of primary amides is 2. The topological polar surface area (TPSA) is 475 Å². The molecule has 10 atom stereocenters. The minimum absolute atomic E-state index is 0.0303. The van der Waals surface area contributed by atoms with E-state index in [0.717, 1.165) is 18.7 Å². The van der Waals surface area contributed by atoms with Gasteiger partial charge in [0.1, 0.15) is 60.1 Å². The molecule has 0 radical (unpaired) electrons. The summed E-state index contributed by atoms with van der Waals surface area (Å²) >= 11 is 0. The van der Waals surface area contributed by atoms with Crippen molar-refractivity contribution in [2.24, 2.45) is 17.2 Å². The van der Waals surface area contributed by atoms with Gasteiger partial charge in [0.15, 0.2) is 0 Å². The van der Waals surface area contributed by atoms with Crippen molar-refractivity contribution in [1.82, 2.24) is 52.8 Å². The van der Waals surface area contributed by atoms with Crippen LogP contribution >= 0.6 is 0 Å². The van der Waals surface area contributed by atoms with E-state index in [0.29, 0.717) is 18.4 Å². The molecule has 0 bridgehead atoms. The molecule has 29 nitrogen and oxygen atoms in total. The van der Waals surface area contributed by atoms with E-state index in [1.165, 1.54) is 38.1 Å². The van der Waals surface area contributed by atoms with Crippen molar-refractivity contribution in [3.8, 4) is 5.75 Å². The number of carbonyl (C=O) groups excluding carboxylic acids is 12. The molecule has 406 valence electrons. The molecule has 1 aromatic rings. The second kappa shape index (κ2) is 30.4. The lowest BCUT2D eigenvalue weighted by Crippen LogP contribution is -2.61. The first-order valence-electron chi connectivity index (χ1n) is 23.3. The number of aromatic hydroxyl groups is 1. The molecule has 12 amide bonds. The van der Waals surface area contributed by atoms with Crippen molar-refractivity contribution >= 4 is 70.9 Å². The fraction of sp³-hybridized carbons (Fsp3) is 0.591. The highest BCUT2D eigenvalue weighted by atomic mass is 16.3. The molecule has 29 heteroatoms. The summed E-state index contributed by atoms with van der Waals surface area (Å²) in [5.41, 5.74) is 16.7.